The maximum atomic E-state index is 12.3. The molecule has 140 valence electrons. The van der Waals surface area contributed by atoms with E-state index in [2.05, 4.69) is 46.5 Å². The molecule has 0 aliphatic heterocycles. The molecule has 0 atom stereocenters. The van der Waals surface area contributed by atoms with Crippen LogP contribution in [0.3, 0.4) is 0 Å². The van der Waals surface area contributed by atoms with Crippen molar-refractivity contribution >= 4 is 11.6 Å². The van der Waals surface area contributed by atoms with E-state index >= 15 is 0 Å². The molecular formula is C21H24N4O2. The highest BCUT2D eigenvalue weighted by molar-refractivity contribution is 5.92. The van der Waals surface area contributed by atoms with Crippen molar-refractivity contribution in [3.8, 4) is 17.1 Å². The third-order valence-electron chi connectivity index (χ3n) is 4.15. The standard InChI is InChI=1S/C21H24N4O2/c1-13(2)18-9-8-14(3)10-19(18)27-12-20(26)23-17-7-5-6-16(11-17)21-22-15(4)24-25-21/h5-11,13H,12H2,1-4H3,(H,23,26)(H,22,24,25). The van der Waals surface area contributed by atoms with Gasteiger partial charge in [-0.2, -0.15) is 5.10 Å². The summed E-state index contributed by atoms with van der Waals surface area (Å²) >= 11 is 0. The lowest BCUT2D eigenvalue weighted by molar-refractivity contribution is -0.118. The third-order valence-corrected chi connectivity index (χ3v) is 4.15. The van der Waals surface area contributed by atoms with Gasteiger partial charge in [-0.3, -0.25) is 9.89 Å². The number of nitrogens with one attached hydrogen (secondary N) is 2. The lowest BCUT2D eigenvalue weighted by atomic mass is 10.0. The molecule has 0 bridgehead atoms. The Hall–Kier alpha value is -3.15. The van der Waals surface area contributed by atoms with Gasteiger partial charge in [0.2, 0.25) is 0 Å². The molecule has 2 aromatic carbocycles. The summed E-state index contributed by atoms with van der Waals surface area (Å²) in [6.07, 6.45) is 0. The quantitative estimate of drug-likeness (QED) is 0.686. The molecule has 0 radical (unpaired) electrons. The first kappa shape index (κ1) is 18.6. The number of aryl methyl sites for hydroxylation is 2. The lowest BCUT2D eigenvalue weighted by Crippen LogP contribution is -2.20. The van der Waals surface area contributed by atoms with Crippen LogP contribution in [0.4, 0.5) is 5.69 Å². The zero-order valence-electron chi connectivity index (χ0n) is 16.0. The van der Waals surface area contributed by atoms with Crippen molar-refractivity contribution in [3.63, 3.8) is 0 Å². The third kappa shape index (κ3) is 4.73. The van der Waals surface area contributed by atoms with Gasteiger partial charge in [0, 0.05) is 11.3 Å². The van der Waals surface area contributed by atoms with E-state index in [1.54, 1.807) is 0 Å². The van der Waals surface area contributed by atoms with Gasteiger partial charge >= 0.3 is 0 Å². The fourth-order valence-corrected chi connectivity index (χ4v) is 2.79. The first-order valence-corrected chi connectivity index (χ1v) is 8.95. The average molecular weight is 364 g/mol. The van der Waals surface area contributed by atoms with Crippen LogP contribution >= 0.6 is 0 Å². The molecule has 1 amide bonds. The van der Waals surface area contributed by atoms with Crippen LogP contribution in [0.15, 0.2) is 42.5 Å². The van der Waals surface area contributed by atoms with Crippen LogP contribution in [-0.4, -0.2) is 27.7 Å². The van der Waals surface area contributed by atoms with Gasteiger partial charge in [0.25, 0.3) is 5.91 Å². The summed E-state index contributed by atoms with van der Waals surface area (Å²) in [4.78, 5) is 16.6. The highest BCUT2D eigenvalue weighted by Crippen LogP contribution is 2.27. The van der Waals surface area contributed by atoms with E-state index in [1.807, 2.05) is 44.2 Å². The number of amides is 1. The van der Waals surface area contributed by atoms with E-state index in [0.29, 0.717) is 17.4 Å². The summed E-state index contributed by atoms with van der Waals surface area (Å²) in [5.41, 5.74) is 3.70. The van der Waals surface area contributed by atoms with Crippen molar-refractivity contribution in [2.24, 2.45) is 0 Å². The number of carbonyl (C=O) groups excluding carboxylic acids is 1. The summed E-state index contributed by atoms with van der Waals surface area (Å²) in [6.45, 7) is 8.01. The van der Waals surface area contributed by atoms with Crippen LogP contribution in [0.5, 0.6) is 5.75 Å². The van der Waals surface area contributed by atoms with Gasteiger partial charge in [0.1, 0.15) is 11.6 Å². The zero-order valence-corrected chi connectivity index (χ0v) is 16.0. The topological polar surface area (TPSA) is 79.9 Å². The summed E-state index contributed by atoms with van der Waals surface area (Å²) in [5, 5.41) is 9.82. The number of hydrogen-bond donors (Lipinski definition) is 2. The van der Waals surface area contributed by atoms with Crippen molar-refractivity contribution in [2.45, 2.75) is 33.6 Å². The molecular weight excluding hydrogens is 340 g/mol. The second-order valence-electron chi connectivity index (χ2n) is 6.86. The number of benzene rings is 2. The Kier molecular flexibility index (Phi) is 5.54. The zero-order chi connectivity index (χ0) is 19.4. The Morgan fingerprint density at radius 2 is 2.00 bits per heavy atom. The van der Waals surface area contributed by atoms with E-state index in [9.17, 15) is 4.79 Å². The summed E-state index contributed by atoms with van der Waals surface area (Å²) in [5.74, 6) is 2.21. The molecule has 0 saturated heterocycles. The molecule has 0 fully saturated rings. The molecule has 0 saturated carbocycles. The largest absolute Gasteiger partial charge is 0.483 e. The Balaban J connectivity index is 1.66. The van der Waals surface area contributed by atoms with E-state index in [-0.39, 0.29) is 12.5 Å². The minimum atomic E-state index is -0.213. The monoisotopic (exact) mass is 364 g/mol. The minimum absolute atomic E-state index is 0.0484. The first-order chi connectivity index (χ1) is 12.9. The molecule has 27 heavy (non-hydrogen) atoms. The minimum Gasteiger partial charge on any atom is -0.483 e. The molecule has 2 N–H and O–H groups in total. The van der Waals surface area contributed by atoms with Gasteiger partial charge in [-0.05, 0) is 49.1 Å². The number of aromatic nitrogens is 3. The molecule has 6 heteroatoms. The number of hydrogen-bond acceptors (Lipinski definition) is 4. The fraction of sp³-hybridized carbons (Fsp3) is 0.286. The Morgan fingerprint density at radius 1 is 1.19 bits per heavy atom. The fourth-order valence-electron chi connectivity index (χ4n) is 2.79. The van der Waals surface area contributed by atoms with Crippen LogP contribution in [-0.2, 0) is 4.79 Å². The van der Waals surface area contributed by atoms with Gasteiger partial charge in [-0.25, -0.2) is 4.98 Å². The molecule has 1 heterocycles. The van der Waals surface area contributed by atoms with Crippen molar-refractivity contribution < 1.29 is 9.53 Å². The molecule has 0 spiro atoms. The SMILES string of the molecule is Cc1ccc(C(C)C)c(OCC(=O)Nc2cccc(-c3n[nH]c(C)n3)c2)c1. The highest BCUT2D eigenvalue weighted by atomic mass is 16.5. The molecule has 1 aromatic heterocycles. The van der Waals surface area contributed by atoms with Crippen LogP contribution in [0.1, 0.15) is 36.7 Å². The van der Waals surface area contributed by atoms with Gasteiger partial charge in [0.15, 0.2) is 12.4 Å². The Labute approximate surface area is 159 Å². The van der Waals surface area contributed by atoms with E-state index < -0.39 is 0 Å². The summed E-state index contributed by atoms with van der Waals surface area (Å²) in [7, 11) is 0. The van der Waals surface area contributed by atoms with E-state index in [1.165, 1.54) is 0 Å². The number of nitrogens with zero attached hydrogens (tertiary/aromatic N) is 2. The second kappa shape index (κ2) is 8.03. The van der Waals surface area contributed by atoms with Crippen molar-refractivity contribution in [2.75, 3.05) is 11.9 Å². The van der Waals surface area contributed by atoms with Crippen molar-refractivity contribution in [1.82, 2.24) is 15.2 Å². The molecule has 0 aliphatic carbocycles. The highest BCUT2D eigenvalue weighted by Gasteiger charge is 2.11. The summed E-state index contributed by atoms with van der Waals surface area (Å²) in [6, 6.07) is 13.5. The van der Waals surface area contributed by atoms with Crippen LogP contribution < -0.4 is 10.1 Å². The predicted octanol–water partition coefficient (Wildman–Crippen LogP) is 4.23. The molecule has 3 aromatic rings. The maximum absolute atomic E-state index is 12.3. The van der Waals surface area contributed by atoms with Crippen LogP contribution in [0.25, 0.3) is 11.4 Å². The van der Waals surface area contributed by atoms with Crippen LogP contribution in [0.2, 0.25) is 0 Å². The molecule has 6 nitrogen and oxygen atoms in total. The maximum Gasteiger partial charge on any atom is 0.262 e. The Bertz CT molecular complexity index is 947. The summed E-state index contributed by atoms with van der Waals surface area (Å²) < 4.78 is 5.79. The first-order valence-electron chi connectivity index (χ1n) is 8.95. The normalized spacial score (nSPS) is 10.9. The molecule has 0 unspecified atom stereocenters. The van der Waals surface area contributed by atoms with Crippen molar-refractivity contribution in [1.29, 1.82) is 0 Å². The predicted molar refractivity (Wildman–Crippen MR) is 106 cm³/mol. The molecule has 0 aliphatic rings. The number of carbonyl (C=O) groups is 1. The number of rotatable bonds is 6. The van der Waals surface area contributed by atoms with Gasteiger partial charge in [-0.1, -0.05) is 38.1 Å². The number of H-pyrrole nitrogens is 1. The second-order valence-corrected chi connectivity index (χ2v) is 6.86. The lowest BCUT2D eigenvalue weighted by Gasteiger charge is -2.15. The Morgan fingerprint density at radius 3 is 2.70 bits per heavy atom. The number of ether oxygens (including phenoxy) is 1. The van der Waals surface area contributed by atoms with Crippen LogP contribution in [0, 0.1) is 13.8 Å². The molecule has 3 rings (SSSR count). The van der Waals surface area contributed by atoms with Gasteiger partial charge in [-0.15, -0.1) is 0 Å². The van der Waals surface area contributed by atoms with E-state index in [0.717, 1.165) is 28.3 Å². The average Bonchev–Trinajstić information content (AvgIpc) is 3.06. The smallest absolute Gasteiger partial charge is 0.262 e. The number of anilines is 1. The van der Waals surface area contributed by atoms with Crippen molar-refractivity contribution in [3.05, 3.63) is 59.4 Å². The van der Waals surface area contributed by atoms with Gasteiger partial charge < -0.3 is 10.1 Å². The van der Waals surface area contributed by atoms with E-state index in [4.69, 9.17) is 4.74 Å². The number of aromatic amines is 1. The van der Waals surface area contributed by atoms with Gasteiger partial charge in [0.05, 0.1) is 0 Å².